The van der Waals surface area contributed by atoms with Crippen LogP contribution in [0.4, 0.5) is 4.79 Å². The van der Waals surface area contributed by atoms with Crippen LogP contribution in [0.2, 0.25) is 0 Å². The number of nitrogens with zero attached hydrogens (tertiary/aromatic N) is 1. The Bertz CT molecular complexity index is 2310. The van der Waals surface area contributed by atoms with Crippen molar-refractivity contribution in [1.29, 1.82) is 0 Å². The highest BCUT2D eigenvalue weighted by atomic mass is 32.2. The fourth-order valence-electron chi connectivity index (χ4n) is 6.87. The maximum Gasteiger partial charge on any atom is 0.315 e. The van der Waals surface area contributed by atoms with Crippen LogP contribution < -0.4 is 10.6 Å². The predicted molar refractivity (Wildman–Crippen MR) is 224 cm³/mol. The van der Waals surface area contributed by atoms with Gasteiger partial charge < -0.3 is 29.6 Å². The van der Waals surface area contributed by atoms with E-state index in [1.165, 1.54) is 11.8 Å². The molecule has 0 bridgehead atoms. The van der Waals surface area contributed by atoms with E-state index in [9.17, 15) is 9.90 Å². The Hall–Kier alpha value is -5.97. The lowest BCUT2D eigenvalue weighted by atomic mass is 9.99. The molecule has 3 atom stereocenters. The number of aromatic nitrogens is 1. The van der Waals surface area contributed by atoms with Crippen molar-refractivity contribution in [2.45, 2.75) is 49.8 Å². The van der Waals surface area contributed by atoms with Gasteiger partial charge in [-0.2, -0.15) is 0 Å². The molecule has 3 N–H and O–H groups in total. The second kappa shape index (κ2) is 18.3. The SMILES string of the molecule is O=C(NCc1ccccc1)NCc1cccc(-c2cccc([C@H]3O[C@@H](CSc4nc(-c5ccccc5)c(-c5ccccc5)o4)C[C@@H](c4ccc(CO)cc4)O3)c2)c1. The number of benzene rings is 6. The second-order valence-corrected chi connectivity index (χ2v) is 14.9. The number of aliphatic hydroxyl groups excluding tert-OH is 1. The molecule has 8 rings (SSSR count). The van der Waals surface area contributed by atoms with E-state index in [0.29, 0.717) is 30.5 Å². The van der Waals surface area contributed by atoms with Crippen molar-refractivity contribution in [3.63, 3.8) is 0 Å². The van der Waals surface area contributed by atoms with E-state index in [4.69, 9.17) is 18.9 Å². The third-order valence-corrected chi connectivity index (χ3v) is 10.8. The van der Waals surface area contributed by atoms with Crippen LogP contribution in [-0.2, 0) is 29.2 Å². The highest BCUT2D eigenvalue weighted by Gasteiger charge is 2.33. The highest BCUT2D eigenvalue weighted by molar-refractivity contribution is 7.99. The Kier molecular flexibility index (Phi) is 12.2. The molecule has 0 saturated carbocycles. The molecule has 8 nitrogen and oxygen atoms in total. The van der Waals surface area contributed by atoms with Crippen molar-refractivity contribution in [1.82, 2.24) is 15.6 Å². The number of carbonyl (C=O) groups is 1. The Morgan fingerprint density at radius 2 is 1.25 bits per heavy atom. The first-order valence-electron chi connectivity index (χ1n) is 19.1. The Labute approximate surface area is 336 Å². The lowest BCUT2D eigenvalue weighted by molar-refractivity contribution is -0.245. The van der Waals surface area contributed by atoms with E-state index in [2.05, 4.69) is 34.9 Å². The van der Waals surface area contributed by atoms with Crippen molar-refractivity contribution in [3.05, 3.63) is 192 Å². The molecule has 1 aliphatic heterocycles. The zero-order chi connectivity index (χ0) is 38.8. The van der Waals surface area contributed by atoms with Crippen molar-refractivity contribution < 1.29 is 23.8 Å². The first kappa shape index (κ1) is 37.9. The molecule has 57 heavy (non-hydrogen) atoms. The van der Waals surface area contributed by atoms with Crippen LogP contribution in [0.15, 0.2) is 173 Å². The van der Waals surface area contributed by atoms with E-state index in [1.54, 1.807) is 0 Å². The molecule has 6 aromatic carbocycles. The number of oxazole rings is 1. The van der Waals surface area contributed by atoms with Gasteiger partial charge in [-0.3, -0.25) is 0 Å². The summed E-state index contributed by atoms with van der Waals surface area (Å²) in [7, 11) is 0. The second-order valence-electron chi connectivity index (χ2n) is 13.9. The number of hydrogen-bond donors (Lipinski definition) is 3. The van der Waals surface area contributed by atoms with Crippen molar-refractivity contribution in [3.8, 4) is 33.7 Å². The molecule has 0 unspecified atom stereocenters. The lowest BCUT2D eigenvalue weighted by Crippen LogP contribution is -2.34. The summed E-state index contributed by atoms with van der Waals surface area (Å²) < 4.78 is 19.9. The topological polar surface area (TPSA) is 106 Å². The molecule has 0 radical (unpaired) electrons. The summed E-state index contributed by atoms with van der Waals surface area (Å²) in [5, 5.41) is 16.1. The number of aliphatic hydroxyl groups is 1. The Morgan fingerprint density at radius 3 is 1.96 bits per heavy atom. The monoisotopic (exact) mass is 773 g/mol. The number of rotatable bonds is 13. The molecule has 286 valence electrons. The van der Waals surface area contributed by atoms with E-state index in [1.807, 2.05) is 140 Å². The summed E-state index contributed by atoms with van der Waals surface area (Å²) >= 11 is 1.54. The number of urea groups is 1. The standard InChI is InChI=1S/C48H43N3O5S/c52-31-34-22-24-36(25-23-34)43-28-42(32-57-48-51-44(37-15-6-2-7-16-37)45(56-48)38-17-8-3-9-18-38)54-46(55-43)41-21-11-20-40(27-41)39-19-10-14-35(26-39)30-50-47(53)49-29-33-12-4-1-5-13-33/h1-27,42-43,46,52H,28-32H2,(H2,49,50,53)/t42-,43+,46+/m1/s1. The summed E-state index contributed by atoms with van der Waals surface area (Å²) in [6.45, 7) is 0.834. The molecular weight excluding hydrogens is 731 g/mol. The van der Waals surface area contributed by atoms with Gasteiger partial charge in [-0.25, -0.2) is 9.78 Å². The van der Waals surface area contributed by atoms with Crippen LogP contribution in [0, 0.1) is 0 Å². The zero-order valence-corrected chi connectivity index (χ0v) is 32.1. The van der Waals surface area contributed by atoms with Gasteiger partial charge in [-0.15, -0.1) is 0 Å². The minimum atomic E-state index is -0.630. The van der Waals surface area contributed by atoms with Gasteiger partial charge in [0, 0.05) is 42.0 Å². The van der Waals surface area contributed by atoms with Gasteiger partial charge >= 0.3 is 6.03 Å². The molecule has 2 heterocycles. The Balaban J connectivity index is 0.993. The van der Waals surface area contributed by atoms with Gasteiger partial charge in [0.25, 0.3) is 5.22 Å². The average Bonchev–Trinajstić information content (AvgIpc) is 3.72. The average molecular weight is 774 g/mol. The number of nitrogens with one attached hydrogen (secondary N) is 2. The third-order valence-electron chi connectivity index (χ3n) is 9.87. The van der Waals surface area contributed by atoms with Crippen LogP contribution in [0.25, 0.3) is 33.7 Å². The normalized spacial score (nSPS) is 16.5. The van der Waals surface area contributed by atoms with Crippen LogP contribution in [0.3, 0.4) is 0 Å². The molecule has 1 fully saturated rings. The third kappa shape index (κ3) is 9.71. The largest absolute Gasteiger partial charge is 0.431 e. The fraction of sp³-hybridized carbons (Fsp3) is 0.167. The molecule has 1 aromatic heterocycles. The first-order valence-corrected chi connectivity index (χ1v) is 20.1. The van der Waals surface area contributed by atoms with E-state index < -0.39 is 6.29 Å². The molecule has 1 aliphatic rings. The fourth-order valence-corrected chi connectivity index (χ4v) is 7.72. The minimum Gasteiger partial charge on any atom is -0.431 e. The zero-order valence-electron chi connectivity index (χ0n) is 31.3. The maximum absolute atomic E-state index is 12.5. The molecule has 1 saturated heterocycles. The van der Waals surface area contributed by atoms with Crippen LogP contribution >= 0.6 is 11.8 Å². The van der Waals surface area contributed by atoms with Gasteiger partial charge in [0.2, 0.25) is 0 Å². The molecule has 2 amide bonds. The summed E-state index contributed by atoms with van der Waals surface area (Å²) in [6, 6.07) is 54.1. The molecular formula is C48H43N3O5S. The maximum atomic E-state index is 12.5. The number of carbonyl (C=O) groups excluding carboxylic acids is 1. The Morgan fingerprint density at radius 1 is 0.632 bits per heavy atom. The quantitative estimate of drug-likeness (QED) is 0.100. The number of amides is 2. The minimum absolute atomic E-state index is 0.0194. The number of thioether (sulfide) groups is 1. The molecule has 0 aliphatic carbocycles. The van der Waals surface area contributed by atoms with Gasteiger partial charge in [-0.1, -0.05) is 163 Å². The lowest BCUT2D eigenvalue weighted by Gasteiger charge is -2.36. The molecule has 7 aromatic rings. The van der Waals surface area contributed by atoms with Gasteiger partial charge in [-0.05, 0) is 45.5 Å². The van der Waals surface area contributed by atoms with Crippen LogP contribution in [0.1, 0.15) is 46.6 Å². The van der Waals surface area contributed by atoms with E-state index >= 15 is 0 Å². The highest BCUT2D eigenvalue weighted by Crippen LogP contribution is 2.41. The van der Waals surface area contributed by atoms with Gasteiger partial charge in [0.15, 0.2) is 12.1 Å². The van der Waals surface area contributed by atoms with Crippen molar-refractivity contribution in [2.75, 3.05) is 5.75 Å². The summed E-state index contributed by atoms with van der Waals surface area (Å²) in [5.41, 5.74) is 9.59. The van der Waals surface area contributed by atoms with Crippen molar-refractivity contribution >= 4 is 17.8 Å². The first-order chi connectivity index (χ1) is 28.1. The van der Waals surface area contributed by atoms with E-state index in [0.717, 1.165) is 61.5 Å². The van der Waals surface area contributed by atoms with Crippen molar-refractivity contribution in [2.24, 2.45) is 0 Å². The summed E-state index contributed by atoms with van der Waals surface area (Å²) in [4.78, 5) is 17.5. The summed E-state index contributed by atoms with van der Waals surface area (Å²) in [6.07, 6.45) is -0.422. The van der Waals surface area contributed by atoms with Crippen LogP contribution in [-0.4, -0.2) is 28.0 Å². The van der Waals surface area contributed by atoms with Crippen LogP contribution in [0.5, 0.6) is 0 Å². The molecule has 0 spiro atoms. The van der Waals surface area contributed by atoms with Gasteiger partial charge in [0.05, 0.1) is 18.8 Å². The number of ether oxygens (including phenoxy) is 2. The predicted octanol–water partition coefficient (Wildman–Crippen LogP) is 10.5. The number of hydrogen-bond acceptors (Lipinski definition) is 7. The summed E-state index contributed by atoms with van der Waals surface area (Å²) in [5.74, 6) is 1.33. The van der Waals surface area contributed by atoms with Gasteiger partial charge in [0.1, 0.15) is 5.69 Å². The smallest absolute Gasteiger partial charge is 0.315 e. The van der Waals surface area contributed by atoms with E-state index in [-0.39, 0.29) is 24.8 Å². The molecule has 9 heteroatoms.